The Hall–Kier alpha value is -4.14. The van der Waals surface area contributed by atoms with Crippen LogP contribution in [0, 0.1) is 0 Å². The van der Waals surface area contributed by atoms with Crippen LogP contribution >= 0.6 is 0 Å². The van der Waals surface area contributed by atoms with Gasteiger partial charge in [0.15, 0.2) is 0 Å². The molecule has 0 saturated carbocycles. The van der Waals surface area contributed by atoms with Gasteiger partial charge in [0.1, 0.15) is 17.0 Å². The van der Waals surface area contributed by atoms with Crippen LogP contribution in [0.5, 0.6) is 11.6 Å². The highest BCUT2D eigenvalue weighted by Gasteiger charge is 2.45. The van der Waals surface area contributed by atoms with Crippen molar-refractivity contribution in [3.05, 3.63) is 96.1 Å². The van der Waals surface area contributed by atoms with Crippen molar-refractivity contribution in [3.63, 3.8) is 0 Å². The summed E-state index contributed by atoms with van der Waals surface area (Å²) in [5, 5.41) is 10.6. The standard InChI is InChI=1S/C26H14F6N2O/c27-25(28,29)20-11-6-12-21(22(20)26(30,31)32)35-24-19-14-17-10-5-4-9-16(17)13-18(19)23(33-34-24)15-7-2-1-3-8-15/h1-14H. The number of fused-ring (bicyclic) bond motifs is 2. The molecule has 5 rings (SSSR count). The third kappa shape index (κ3) is 4.25. The van der Waals surface area contributed by atoms with Gasteiger partial charge in [0.2, 0.25) is 5.88 Å². The number of rotatable bonds is 3. The summed E-state index contributed by atoms with van der Waals surface area (Å²) in [5.41, 5.74) is -2.60. The van der Waals surface area contributed by atoms with Crippen molar-refractivity contribution < 1.29 is 31.1 Å². The Morgan fingerprint density at radius 3 is 1.86 bits per heavy atom. The number of alkyl halides is 6. The van der Waals surface area contributed by atoms with Crippen LogP contribution in [0.2, 0.25) is 0 Å². The van der Waals surface area contributed by atoms with Gasteiger partial charge in [-0.3, -0.25) is 0 Å². The molecule has 0 radical (unpaired) electrons. The van der Waals surface area contributed by atoms with Crippen molar-refractivity contribution in [2.75, 3.05) is 0 Å². The molecular weight excluding hydrogens is 470 g/mol. The van der Waals surface area contributed by atoms with Crippen LogP contribution in [-0.2, 0) is 12.4 Å². The molecule has 9 heteroatoms. The van der Waals surface area contributed by atoms with Gasteiger partial charge in [-0.2, -0.15) is 26.3 Å². The predicted octanol–water partition coefficient (Wildman–Crippen LogP) is 8.28. The second kappa shape index (κ2) is 8.26. The number of hydrogen-bond acceptors (Lipinski definition) is 3. The van der Waals surface area contributed by atoms with Crippen molar-refractivity contribution in [1.82, 2.24) is 10.2 Å². The van der Waals surface area contributed by atoms with E-state index in [2.05, 4.69) is 10.2 Å². The zero-order valence-electron chi connectivity index (χ0n) is 17.7. The molecule has 0 aliphatic carbocycles. The number of ether oxygens (including phenoxy) is 1. The topological polar surface area (TPSA) is 35.0 Å². The van der Waals surface area contributed by atoms with Crippen LogP contribution in [0.3, 0.4) is 0 Å². The highest BCUT2D eigenvalue weighted by atomic mass is 19.4. The van der Waals surface area contributed by atoms with Gasteiger partial charge in [0, 0.05) is 16.3 Å². The minimum atomic E-state index is -5.32. The van der Waals surface area contributed by atoms with Crippen molar-refractivity contribution in [2.45, 2.75) is 12.4 Å². The molecule has 35 heavy (non-hydrogen) atoms. The van der Waals surface area contributed by atoms with Crippen LogP contribution in [0.4, 0.5) is 26.3 Å². The fourth-order valence-electron chi connectivity index (χ4n) is 3.95. The van der Waals surface area contributed by atoms with E-state index in [-0.39, 0.29) is 5.88 Å². The summed E-state index contributed by atoms with van der Waals surface area (Å²) in [6.07, 6.45) is -10.5. The average molecular weight is 484 g/mol. The summed E-state index contributed by atoms with van der Waals surface area (Å²) in [6, 6.07) is 21.8. The van der Waals surface area contributed by atoms with E-state index < -0.39 is 29.2 Å². The first kappa shape index (κ1) is 22.6. The molecule has 0 N–H and O–H groups in total. The molecule has 0 bridgehead atoms. The number of aromatic nitrogens is 2. The minimum absolute atomic E-state index is 0.308. The van der Waals surface area contributed by atoms with Crippen molar-refractivity contribution >= 4 is 21.5 Å². The third-order valence-corrected chi connectivity index (χ3v) is 5.48. The second-order valence-electron chi connectivity index (χ2n) is 7.74. The summed E-state index contributed by atoms with van der Waals surface area (Å²) in [7, 11) is 0. The molecule has 0 saturated heterocycles. The van der Waals surface area contributed by atoms with Crippen LogP contribution in [0.1, 0.15) is 11.1 Å². The van der Waals surface area contributed by atoms with Crippen LogP contribution in [0.25, 0.3) is 32.8 Å². The summed E-state index contributed by atoms with van der Waals surface area (Å²) in [5.74, 6) is -1.35. The molecule has 0 aliphatic heterocycles. The van der Waals surface area contributed by atoms with Crippen molar-refractivity contribution in [3.8, 4) is 22.9 Å². The molecule has 0 unspecified atom stereocenters. The van der Waals surface area contributed by atoms with Gasteiger partial charge >= 0.3 is 12.4 Å². The number of halogens is 6. The Labute approximate surface area is 194 Å². The molecule has 1 heterocycles. The lowest BCUT2D eigenvalue weighted by atomic mass is 10.0. The highest BCUT2D eigenvalue weighted by molar-refractivity contribution is 6.05. The van der Waals surface area contributed by atoms with Crippen LogP contribution < -0.4 is 4.74 Å². The molecule has 0 spiro atoms. The van der Waals surface area contributed by atoms with E-state index in [0.29, 0.717) is 28.1 Å². The van der Waals surface area contributed by atoms with E-state index in [1.165, 1.54) is 0 Å². The predicted molar refractivity (Wildman–Crippen MR) is 119 cm³/mol. The van der Waals surface area contributed by atoms with E-state index >= 15 is 0 Å². The van der Waals surface area contributed by atoms with Crippen LogP contribution in [0.15, 0.2) is 84.9 Å². The third-order valence-electron chi connectivity index (χ3n) is 5.48. The Kier molecular flexibility index (Phi) is 5.35. The van der Waals surface area contributed by atoms with Crippen LogP contribution in [-0.4, -0.2) is 10.2 Å². The Morgan fingerprint density at radius 1 is 0.600 bits per heavy atom. The lowest BCUT2D eigenvalue weighted by Gasteiger charge is -2.19. The molecule has 5 aromatic rings. The van der Waals surface area contributed by atoms with Gasteiger partial charge in [0.05, 0.1) is 5.56 Å². The molecule has 0 aliphatic rings. The van der Waals surface area contributed by atoms with Gasteiger partial charge in [0.25, 0.3) is 0 Å². The highest BCUT2D eigenvalue weighted by Crippen LogP contribution is 2.46. The van der Waals surface area contributed by atoms with E-state index in [1.54, 1.807) is 48.5 Å². The average Bonchev–Trinajstić information content (AvgIpc) is 2.82. The maximum atomic E-state index is 13.7. The zero-order chi connectivity index (χ0) is 24.8. The molecule has 0 amide bonds. The molecule has 3 nitrogen and oxygen atoms in total. The van der Waals surface area contributed by atoms with E-state index in [9.17, 15) is 26.3 Å². The number of benzene rings is 4. The maximum Gasteiger partial charge on any atom is 0.420 e. The molecular formula is C26H14F6N2O. The summed E-state index contributed by atoms with van der Waals surface area (Å²) in [6.45, 7) is 0. The van der Waals surface area contributed by atoms with E-state index in [0.717, 1.165) is 22.9 Å². The maximum absolute atomic E-state index is 13.7. The second-order valence-corrected chi connectivity index (χ2v) is 7.74. The SMILES string of the molecule is FC(F)(F)c1cccc(Oc2nnc(-c3ccccc3)c3cc4ccccc4cc23)c1C(F)(F)F. The Bertz CT molecular complexity index is 1550. The zero-order valence-corrected chi connectivity index (χ0v) is 17.7. The summed E-state index contributed by atoms with van der Waals surface area (Å²) < 4.78 is 86.8. The molecule has 4 aromatic carbocycles. The monoisotopic (exact) mass is 484 g/mol. The Morgan fingerprint density at radius 2 is 1.23 bits per heavy atom. The van der Waals surface area contributed by atoms with Crippen molar-refractivity contribution in [1.29, 1.82) is 0 Å². The molecule has 0 fully saturated rings. The van der Waals surface area contributed by atoms with Gasteiger partial charge in [-0.05, 0) is 35.0 Å². The van der Waals surface area contributed by atoms with Gasteiger partial charge < -0.3 is 4.74 Å². The molecule has 176 valence electrons. The molecule has 0 atom stereocenters. The first-order valence-corrected chi connectivity index (χ1v) is 10.3. The largest absolute Gasteiger partial charge is 0.436 e. The fourth-order valence-corrected chi connectivity index (χ4v) is 3.95. The summed E-state index contributed by atoms with van der Waals surface area (Å²) >= 11 is 0. The first-order valence-electron chi connectivity index (χ1n) is 10.3. The molecule has 1 aromatic heterocycles. The van der Waals surface area contributed by atoms with Gasteiger partial charge in [-0.15, -0.1) is 10.2 Å². The van der Waals surface area contributed by atoms with Gasteiger partial charge in [-0.25, -0.2) is 0 Å². The lowest BCUT2D eigenvalue weighted by molar-refractivity contribution is -0.162. The number of nitrogens with zero attached hydrogens (tertiary/aromatic N) is 2. The van der Waals surface area contributed by atoms with E-state index in [1.807, 2.05) is 18.2 Å². The fraction of sp³-hybridized carbons (Fsp3) is 0.0769. The summed E-state index contributed by atoms with van der Waals surface area (Å²) in [4.78, 5) is 0. The minimum Gasteiger partial charge on any atom is -0.436 e. The number of hydrogen-bond donors (Lipinski definition) is 0. The smallest absolute Gasteiger partial charge is 0.420 e. The lowest BCUT2D eigenvalue weighted by Crippen LogP contribution is -2.17. The van der Waals surface area contributed by atoms with Gasteiger partial charge in [-0.1, -0.05) is 60.7 Å². The quantitative estimate of drug-likeness (QED) is 0.191. The van der Waals surface area contributed by atoms with E-state index in [4.69, 9.17) is 4.74 Å². The van der Waals surface area contributed by atoms with Crippen molar-refractivity contribution in [2.24, 2.45) is 0 Å². The first-order chi connectivity index (χ1) is 16.6. The normalized spacial score (nSPS) is 12.3. The Balaban J connectivity index is 1.75.